The predicted molar refractivity (Wildman–Crippen MR) is 35.5 cm³/mol. The van der Waals surface area contributed by atoms with Crippen molar-refractivity contribution in [2.45, 2.75) is 19.8 Å². The molecule has 0 spiro atoms. The second kappa shape index (κ2) is 6.74. The molecule has 9 heavy (non-hydrogen) atoms. The molecular formula is C5H10O3Sr. The number of rotatable bonds is 3. The van der Waals surface area contributed by atoms with Gasteiger partial charge in [0.2, 0.25) is 0 Å². The maximum absolute atomic E-state index is 10.1. The van der Waals surface area contributed by atoms with Gasteiger partial charge in [0.1, 0.15) is 5.78 Å². The van der Waals surface area contributed by atoms with Crippen LogP contribution in [0.4, 0.5) is 0 Å². The first-order chi connectivity index (χ1) is 3.63. The van der Waals surface area contributed by atoms with E-state index in [-0.39, 0.29) is 67.0 Å². The molecule has 0 aliphatic heterocycles. The molecule has 0 aromatic heterocycles. The van der Waals surface area contributed by atoms with Crippen LogP contribution in [0.5, 0.6) is 0 Å². The summed E-state index contributed by atoms with van der Waals surface area (Å²) in [5.74, 6) is -0.993. The Morgan fingerprint density at radius 3 is 2.00 bits per heavy atom. The zero-order valence-corrected chi connectivity index (χ0v) is 8.86. The van der Waals surface area contributed by atoms with Crippen molar-refractivity contribution in [3.8, 4) is 0 Å². The van der Waals surface area contributed by atoms with E-state index in [9.17, 15) is 9.59 Å². The van der Waals surface area contributed by atoms with Crippen molar-refractivity contribution in [2.75, 3.05) is 0 Å². The van der Waals surface area contributed by atoms with E-state index >= 15 is 0 Å². The SMILES string of the molecule is CC(=O)CCC(=O)O.[H-].[H-].[Sr+2]. The van der Waals surface area contributed by atoms with E-state index in [4.69, 9.17) is 5.11 Å². The maximum Gasteiger partial charge on any atom is 2.00 e. The molecular weight excluding hydrogens is 196 g/mol. The van der Waals surface area contributed by atoms with Gasteiger partial charge in [0.05, 0.1) is 6.42 Å². The fourth-order valence-electron chi connectivity index (χ4n) is 0.283. The minimum Gasteiger partial charge on any atom is -1.00 e. The number of carboxylic acid groups (broad SMARTS) is 1. The molecule has 0 atom stereocenters. The largest absolute Gasteiger partial charge is 2.00 e. The average molecular weight is 206 g/mol. The van der Waals surface area contributed by atoms with E-state index < -0.39 is 5.97 Å². The van der Waals surface area contributed by atoms with Gasteiger partial charge in [-0.2, -0.15) is 0 Å². The average Bonchev–Trinajstić information content (AvgIpc) is 1.61. The summed E-state index contributed by atoms with van der Waals surface area (Å²) in [5.41, 5.74) is 0. The molecule has 0 fully saturated rings. The molecule has 3 nitrogen and oxygen atoms in total. The van der Waals surface area contributed by atoms with Crippen molar-refractivity contribution in [1.29, 1.82) is 0 Å². The van der Waals surface area contributed by atoms with Gasteiger partial charge in [0, 0.05) is 6.42 Å². The van der Waals surface area contributed by atoms with Crippen molar-refractivity contribution >= 4 is 57.2 Å². The Bertz CT molecular complexity index is 104. The summed E-state index contributed by atoms with van der Waals surface area (Å²) in [6, 6.07) is 0. The zero-order valence-electron chi connectivity index (χ0n) is 7.39. The second-order valence-electron chi connectivity index (χ2n) is 1.60. The number of hydrogen-bond donors (Lipinski definition) is 1. The van der Waals surface area contributed by atoms with Gasteiger partial charge in [-0.1, -0.05) is 0 Å². The van der Waals surface area contributed by atoms with E-state index in [1.54, 1.807) is 0 Å². The van der Waals surface area contributed by atoms with E-state index in [0.29, 0.717) is 0 Å². The van der Waals surface area contributed by atoms with Crippen molar-refractivity contribution in [1.82, 2.24) is 0 Å². The van der Waals surface area contributed by atoms with E-state index in [2.05, 4.69) is 0 Å². The fourth-order valence-corrected chi connectivity index (χ4v) is 0.283. The third-order valence-corrected chi connectivity index (χ3v) is 0.691. The van der Waals surface area contributed by atoms with Crippen LogP contribution < -0.4 is 0 Å². The molecule has 0 heterocycles. The Hall–Kier alpha value is 0.621. The first kappa shape index (κ1) is 12.3. The maximum atomic E-state index is 10.1. The van der Waals surface area contributed by atoms with E-state index in [1.165, 1.54) is 6.92 Å². The molecule has 0 radical (unpaired) electrons. The van der Waals surface area contributed by atoms with Crippen molar-refractivity contribution < 1.29 is 17.5 Å². The quantitative estimate of drug-likeness (QED) is 0.674. The summed E-state index contributed by atoms with van der Waals surface area (Å²) in [7, 11) is 0. The number of hydrogen-bond acceptors (Lipinski definition) is 2. The van der Waals surface area contributed by atoms with Crippen LogP contribution in [0.25, 0.3) is 0 Å². The normalized spacial score (nSPS) is 7.67. The Balaban J connectivity index is -0.0000000817. The molecule has 50 valence electrons. The van der Waals surface area contributed by atoms with Crippen LogP contribution in [0, 0.1) is 0 Å². The van der Waals surface area contributed by atoms with Gasteiger partial charge in [0.15, 0.2) is 0 Å². The van der Waals surface area contributed by atoms with Crippen molar-refractivity contribution in [3.63, 3.8) is 0 Å². The smallest absolute Gasteiger partial charge is 1.00 e. The van der Waals surface area contributed by atoms with Crippen LogP contribution in [0.15, 0.2) is 0 Å². The summed E-state index contributed by atoms with van der Waals surface area (Å²) in [4.78, 5) is 19.8. The molecule has 0 aliphatic rings. The Labute approximate surface area is 93.7 Å². The van der Waals surface area contributed by atoms with Crippen LogP contribution in [0.3, 0.4) is 0 Å². The number of ketones is 1. The van der Waals surface area contributed by atoms with Gasteiger partial charge in [-0.05, 0) is 6.92 Å². The Morgan fingerprint density at radius 1 is 1.44 bits per heavy atom. The summed E-state index contributed by atoms with van der Waals surface area (Å²) >= 11 is 0. The third kappa shape index (κ3) is 12.0. The van der Waals surface area contributed by atoms with Gasteiger partial charge in [0.25, 0.3) is 0 Å². The topological polar surface area (TPSA) is 54.4 Å². The van der Waals surface area contributed by atoms with Crippen LogP contribution in [-0.2, 0) is 9.59 Å². The van der Waals surface area contributed by atoms with Crippen LogP contribution in [0.2, 0.25) is 0 Å². The number of carboxylic acids is 1. The summed E-state index contributed by atoms with van der Waals surface area (Å²) in [5, 5.41) is 8.01. The molecule has 0 aromatic rings. The van der Waals surface area contributed by atoms with Crippen LogP contribution in [0.1, 0.15) is 22.6 Å². The van der Waals surface area contributed by atoms with Crippen molar-refractivity contribution in [2.24, 2.45) is 0 Å². The zero-order chi connectivity index (χ0) is 6.57. The summed E-state index contributed by atoms with van der Waals surface area (Å²) < 4.78 is 0. The molecule has 4 heteroatoms. The second-order valence-corrected chi connectivity index (χ2v) is 1.60. The Kier molecular flexibility index (Phi) is 9.21. The predicted octanol–water partition coefficient (Wildman–Crippen LogP) is 0.284. The van der Waals surface area contributed by atoms with Gasteiger partial charge in [-0.15, -0.1) is 0 Å². The molecule has 0 amide bonds. The molecule has 1 N–H and O–H groups in total. The van der Waals surface area contributed by atoms with Gasteiger partial charge in [-0.3, -0.25) is 4.79 Å². The van der Waals surface area contributed by atoms with Crippen LogP contribution >= 0.6 is 0 Å². The molecule has 0 saturated carbocycles. The molecule has 0 rings (SSSR count). The number of aliphatic carboxylic acids is 1. The molecule has 0 bridgehead atoms. The minimum atomic E-state index is -0.916. The molecule has 0 aliphatic carbocycles. The number of carbonyl (C=O) groups is 2. The minimum absolute atomic E-state index is 0. The molecule has 0 unspecified atom stereocenters. The van der Waals surface area contributed by atoms with Crippen molar-refractivity contribution in [3.05, 3.63) is 0 Å². The first-order valence-corrected chi connectivity index (χ1v) is 2.34. The molecule has 0 aromatic carbocycles. The number of carbonyl (C=O) groups excluding carboxylic acids is 1. The molecule has 0 saturated heterocycles. The van der Waals surface area contributed by atoms with E-state index in [1.807, 2.05) is 0 Å². The van der Waals surface area contributed by atoms with Gasteiger partial charge >= 0.3 is 51.5 Å². The van der Waals surface area contributed by atoms with Gasteiger partial charge in [-0.25, -0.2) is 0 Å². The monoisotopic (exact) mass is 206 g/mol. The summed E-state index contributed by atoms with van der Waals surface area (Å²) in [6.07, 6.45) is 0.102. The third-order valence-electron chi connectivity index (χ3n) is 0.691. The van der Waals surface area contributed by atoms with Crippen LogP contribution in [-0.4, -0.2) is 62.3 Å². The van der Waals surface area contributed by atoms with Gasteiger partial charge < -0.3 is 12.8 Å². The van der Waals surface area contributed by atoms with E-state index in [0.717, 1.165) is 0 Å². The first-order valence-electron chi connectivity index (χ1n) is 2.34. The fraction of sp³-hybridized carbons (Fsp3) is 0.600. The standard InChI is InChI=1S/C5H8O3.Sr.2H/c1-4(6)2-3-5(7)8;;;/h2-3H2,1H3,(H,7,8);;;/q;+2;2*-1. The Morgan fingerprint density at radius 2 is 1.89 bits per heavy atom. The summed E-state index contributed by atoms with van der Waals surface area (Å²) in [6.45, 7) is 1.38. The number of Topliss-reactive ketones (excluding diaryl/α,β-unsaturated/α-hetero) is 1.